The molecule has 0 aliphatic rings. The number of carbonyl (C=O) groups is 4. The van der Waals surface area contributed by atoms with Crippen LogP contribution < -0.4 is 103 Å². The smallest absolute Gasteiger partial charge is 0.280 e. The summed E-state index contributed by atoms with van der Waals surface area (Å²) in [5.74, 6) is 6.84. The molecule has 0 atom stereocenters. The number of nitrogen functional groups attached to an aromatic ring is 1. The summed E-state index contributed by atoms with van der Waals surface area (Å²) in [5.41, 5.74) is 15.8. The van der Waals surface area contributed by atoms with Crippen molar-refractivity contribution in [3.8, 4) is 97.7 Å². The van der Waals surface area contributed by atoms with Crippen LogP contribution in [0.15, 0.2) is 243 Å². The molecule has 0 aliphatic heterocycles. The predicted octanol–water partition coefficient (Wildman–Crippen LogP) is 24.5. The Kier molecular flexibility index (Phi) is 42.2. The molecule has 0 aliphatic carbocycles. The average Bonchev–Trinajstić information content (AvgIpc) is 0.834. The minimum Gasteiger partial charge on any atom is -0.508 e. The van der Waals surface area contributed by atoms with Gasteiger partial charge in [0.2, 0.25) is 23.0 Å². The summed E-state index contributed by atoms with van der Waals surface area (Å²) in [7, 11) is 24.6. The SMILES string of the molecule is COc1cc(/C=C\c2cc(Cl)c(OC)c(N/C=C\C(=O)c3ccc(N)cc3)c2)cc(OC)c1OC.COc1cc(/C=C\c2cc(Cl)c(OC)c(N/C=C\C(=O)c3ccc(O)cc3)c2)cc(OC)c1OC.COc1cc(/C=C\c2cc(Cl)c(OC)c(N/C=C\C(=O)c3ccc([N+](=O)[O-])cc3)c2)cc(OC)c1OC.COc1cc(/C=C\c2cc(Cl)c(OC)c(N/C=C\C(=O)c3ccccc3[N+](=O)[O-])c2)cc(OC)c1OC. The van der Waals surface area contributed by atoms with E-state index in [2.05, 4.69) is 21.3 Å². The van der Waals surface area contributed by atoms with Gasteiger partial charge in [0.25, 0.3) is 11.4 Å². The van der Waals surface area contributed by atoms with Crippen LogP contribution in [-0.2, 0) is 0 Å². The molecule has 0 radical (unpaired) electrons. The highest BCUT2D eigenvalue weighted by Gasteiger charge is 2.23. The highest BCUT2D eigenvalue weighted by molar-refractivity contribution is 6.34. The molecule has 0 unspecified atom stereocenters. The normalized spacial score (nSPS) is 11.0. The number of methoxy groups -OCH3 is 16. The van der Waals surface area contributed by atoms with Gasteiger partial charge in [-0.05, 0) is 208 Å². The number of phenolic OH excluding ortho intramolecular Hbond substituents is 1. The standard InChI is InChI=1S/2C27H25ClN2O7.C27H27ClN2O5.C27H26ClNO6/c1-34-24-15-18(16-25(35-2)27(24)37-4)6-5-17-13-21(28)26(36-3)22(14-17)29-12-11-23(31)19-7-9-20(10-8-19)30(32)33;1-34-24-15-18(16-25(35-2)27(24)37-4)10-9-17-13-20(28)26(36-3)21(14-17)29-12-11-23(31)19-7-5-6-8-22(19)30(32)33;1-32-24-15-18(16-25(33-2)27(24)35-4)6-5-17-13-21(28)26(34-3)22(14-17)30-12-11-23(31)19-7-9-20(29)10-8-19;1-32-24-15-18(16-25(33-2)27(24)35-4)6-5-17-13-21(28)26(34-3)22(14-17)29-12-11-23(31)19-7-9-20(30)10-8-19/h2*5-16,29H,1-4H3;5-16,30H,29H2,1-4H3;5-16,29-30H,1-4H3/b6-5-,12-11-;10-9-,12-11-;2*6-5-,12-11-. The number of hydrogen-bond donors (Lipinski definition) is 6. The van der Waals surface area contributed by atoms with E-state index < -0.39 is 15.6 Å². The number of rotatable bonds is 42. The van der Waals surface area contributed by atoms with E-state index in [0.717, 1.165) is 44.5 Å². The fourth-order valence-electron chi connectivity index (χ4n) is 13.7. The topological polar surface area (TPSA) is 397 Å². The lowest BCUT2D eigenvalue weighted by Crippen LogP contribution is -2.02. The van der Waals surface area contributed by atoms with E-state index in [9.17, 15) is 44.5 Å². The molecule has 0 fully saturated rings. The highest BCUT2D eigenvalue weighted by atomic mass is 35.5. The molecular formula is C108H103Cl4N7O25. The summed E-state index contributed by atoms with van der Waals surface area (Å²) in [4.78, 5) is 70.5. The van der Waals surface area contributed by atoms with Crippen molar-refractivity contribution >= 4 is 158 Å². The molecule has 0 saturated carbocycles. The number of non-ortho nitro benzene ring substituents is 1. The van der Waals surface area contributed by atoms with E-state index in [0.29, 0.717) is 157 Å². The van der Waals surface area contributed by atoms with Gasteiger partial charge in [-0.25, -0.2) is 0 Å². The third kappa shape index (κ3) is 30.2. The van der Waals surface area contributed by atoms with Crippen LogP contribution in [0.2, 0.25) is 20.1 Å². The van der Waals surface area contributed by atoms with Gasteiger partial charge in [-0.15, -0.1) is 0 Å². The summed E-state index contributed by atoms with van der Waals surface area (Å²) in [5, 5.41) is 45.0. The number of anilines is 5. The second-order valence-corrected chi connectivity index (χ2v) is 31.2. The first-order valence-electron chi connectivity index (χ1n) is 42.9. The van der Waals surface area contributed by atoms with Crippen LogP contribution in [0.4, 0.5) is 39.8 Å². The molecule has 0 saturated heterocycles. The molecule has 144 heavy (non-hydrogen) atoms. The van der Waals surface area contributed by atoms with E-state index in [1.54, 1.807) is 168 Å². The van der Waals surface area contributed by atoms with Gasteiger partial charge in [0.15, 0.2) is 92.1 Å². The Morgan fingerprint density at radius 3 is 0.736 bits per heavy atom. The van der Waals surface area contributed by atoms with Crippen molar-refractivity contribution in [3.63, 3.8) is 0 Å². The number of allylic oxidation sites excluding steroid dienone is 4. The van der Waals surface area contributed by atoms with Gasteiger partial charge in [-0.3, -0.25) is 39.4 Å². The number of para-hydroxylation sites is 1. The van der Waals surface area contributed by atoms with E-state index in [4.69, 9.17) is 128 Å². The number of benzene rings is 12. The summed E-state index contributed by atoms with van der Waals surface area (Å²) < 4.78 is 86.4. The van der Waals surface area contributed by atoms with E-state index in [1.165, 1.54) is 140 Å². The Morgan fingerprint density at radius 1 is 0.285 bits per heavy atom. The molecule has 0 heterocycles. The van der Waals surface area contributed by atoms with Crippen molar-refractivity contribution in [2.24, 2.45) is 0 Å². The second kappa shape index (κ2) is 55.0. The van der Waals surface area contributed by atoms with E-state index in [-0.39, 0.29) is 40.0 Å². The van der Waals surface area contributed by atoms with E-state index in [1.807, 2.05) is 97.1 Å². The Morgan fingerprint density at radius 2 is 0.507 bits per heavy atom. The Balaban J connectivity index is 0.000000214. The van der Waals surface area contributed by atoms with Crippen molar-refractivity contribution in [2.75, 3.05) is 141 Å². The molecule has 12 aromatic carbocycles. The molecule has 0 bridgehead atoms. The number of nitrogens with one attached hydrogen (secondary N) is 4. The van der Waals surface area contributed by atoms with Crippen LogP contribution >= 0.6 is 46.4 Å². The van der Waals surface area contributed by atoms with Gasteiger partial charge >= 0.3 is 0 Å². The molecule has 0 aromatic heterocycles. The number of halogens is 4. The Bertz CT molecular complexity index is 6550. The first-order valence-corrected chi connectivity index (χ1v) is 44.4. The van der Waals surface area contributed by atoms with Gasteiger partial charge in [-0.2, -0.15) is 0 Å². The maximum absolute atomic E-state index is 12.5. The van der Waals surface area contributed by atoms with Gasteiger partial charge in [-0.1, -0.05) is 107 Å². The predicted molar refractivity (Wildman–Crippen MR) is 566 cm³/mol. The monoisotopic (exact) mass is 2040 g/mol. The van der Waals surface area contributed by atoms with Crippen LogP contribution in [-0.4, -0.2) is 152 Å². The molecule has 0 amide bonds. The van der Waals surface area contributed by atoms with Gasteiger partial charge in [0.1, 0.15) is 5.75 Å². The lowest BCUT2D eigenvalue weighted by molar-refractivity contribution is -0.385. The first-order chi connectivity index (χ1) is 69.4. The number of phenols is 1. The number of nitrogens with zero attached hydrogens (tertiary/aromatic N) is 2. The molecule has 12 aromatic rings. The molecule has 12 rings (SSSR count). The molecule has 748 valence electrons. The highest BCUT2D eigenvalue weighted by Crippen LogP contribution is 2.46. The van der Waals surface area contributed by atoms with Crippen molar-refractivity contribution < 1.29 is 110 Å². The lowest BCUT2D eigenvalue weighted by Gasteiger charge is -2.13. The maximum atomic E-state index is 12.5. The summed E-state index contributed by atoms with van der Waals surface area (Å²) in [6.07, 6.45) is 26.1. The lowest BCUT2D eigenvalue weighted by atomic mass is 10.1. The zero-order valence-electron chi connectivity index (χ0n) is 80.9. The number of nitro benzene ring substituents is 2. The number of carbonyl (C=O) groups excluding carboxylic acids is 4. The number of aromatic hydroxyl groups is 1. The third-order valence-electron chi connectivity index (χ3n) is 20.7. The molecule has 0 spiro atoms. The number of nitrogens with two attached hydrogens (primary N) is 1. The van der Waals surface area contributed by atoms with Crippen LogP contribution in [0, 0.1) is 20.2 Å². The van der Waals surface area contributed by atoms with Crippen LogP contribution in [0.5, 0.6) is 97.7 Å². The summed E-state index contributed by atoms with van der Waals surface area (Å²) in [6, 6.07) is 52.7. The molecule has 36 heteroatoms. The summed E-state index contributed by atoms with van der Waals surface area (Å²) >= 11 is 25.7. The zero-order valence-corrected chi connectivity index (χ0v) is 84.0. The van der Waals surface area contributed by atoms with Gasteiger partial charge < -0.3 is 108 Å². The number of ketones is 4. The maximum Gasteiger partial charge on any atom is 0.280 e. The van der Waals surface area contributed by atoms with Crippen molar-refractivity contribution in [3.05, 3.63) is 350 Å². The Labute approximate surface area is 851 Å². The first kappa shape index (κ1) is 110. The molecular weight excluding hydrogens is 1940 g/mol. The van der Waals surface area contributed by atoms with Crippen LogP contribution in [0.3, 0.4) is 0 Å². The molecule has 7 N–H and O–H groups in total. The van der Waals surface area contributed by atoms with Crippen molar-refractivity contribution in [1.29, 1.82) is 0 Å². The van der Waals surface area contributed by atoms with Crippen molar-refractivity contribution in [2.45, 2.75) is 0 Å². The van der Waals surface area contributed by atoms with Gasteiger partial charge in [0.05, 0.1) is 172 Å². The van der Waals surface area contributed by atoms with E-state index >= 15 is 0 Å². The quantitative estimate of drug-likeness (QED) is 0.00517. The fourth-order valence-corrected chi connectivity index (χ4v) is 14.9. The number of nitro groups is 2. The number of ether oxygens (including phenoxy) is 16. The molecule has 32 nitrogen and oxygen atoms in total. The largest absolute Gasteiger partial charge is 0.508 e. The van der Waals surface area contributed by atoms with Crippen LogP contribution in [0.25, 0.3) is 48.6 Å². The minimum absolute atomic E-state index is 0.0161. The average molecular weight is 2040 g/mol. The zero-order chi connectivity index (χ0) is 105. The minimum atomic E-state index is -0.596. The third-order valence-corrected chi connectivity index (χ3v) is 21.8. The Hall–Kier alpha value is -17.2. The van der Waals surface area contributed by atoms with Gasteiger partial charge in [0, 0.05) is 89.7 Å². The van der Waals surface area contributed by atoms with Crippen LogP contribution in [0.1, 0.15) is 85.9 Å². The number of hydrogen-bond acceptors (Lipinski definition) is 30. The summed E-state index contributed by atoms with van der Waals surface area (Å²) in [6.45, 7) is 0. The fraction of sp³-hybridized carbons (Fsp3) is 0.148. The second-order valence-electron chi connectivity index (χ2n) is 29.6. The van der Waals surface area contributed by atoms with Crippen molar-refractivity contribution in [1.82, 2.24) is 0 Å².